The largest absolute Gasteiger partial charge is 0.497 e. The van der Waals surface area contributed by atoms with E-state index in [0.717, 1.165) is 5.56 Å². The second-order valence-electron chi connectivity index (χ2n) is 7.10. The zero-order chi connectivity index (χ0) is 23.0. The lowest BCUT2D eigenvalue weighted by molar-refractivity contribution is 0.0697. The van der Waals surface area contributed by atoms with Gasteiger partial charge in [-0.15, -0.1) is 0 Å². The number of aromatic carboxylic acids is 1. The average molecular weight is 455 g/mol. The Morgan fingerprint density at radius 2 is 1.78 bits per heavy atom. The third-order valence-electron chi connectivity index (χ3n) is 4.97. The van der Waals surface area contributed by atoms with Gasteiger partial charge in [-0.25, -0.2) is 27.4 Å². The first-order valence-electron chi connectivity index (χ1n) is 9.38. The van der Waals surface area contributed by atoms with Crippen molar-refractivity contribution in [1.29, 1.82) is 0 Å². The van der Waals surface area contributed by atoms with Crippen LogP contribution >= 0.6 is 0 Å². The molecule has 0 fully saturated rings. The van der Waals surface area contributed by atoms with Crippen molar-refractivity contribution >= 4 is 26.9 Å². The zero-order valence-corrected chi connectivity index (χ0v) is 17.6. The van der Waals surface area contributed by atoms with Crippen molar-refractivity contribution in [1.82, 2.24) is 9.78 Å². The number of halogens is 1. The molecule has 8 nitrogen and oxygen atoms in total. The van der Waals surface area contributed by atoms with Crippen molar-refractivity contribution < 1.29 is 27.4 Å². The average Bonchev–Trinajstić information content (AvgIpc) is 3.15. The Bertz CT molecular complexity index is 1430. The Labute approximate surface area is 182 Å². The molecule has 0 amide bonds. The van der Waals surface area contributed by atoms with E-state index in [4.69, 9.17) is 9.88 Å². The van der Waals surface area contributed by atoms with Gasteiger partial charge in [-0.1, -0.05) is 12.1 Å². The molecule has 0 radical (unpaired) electrons. The van der Waals surface area contributed by atoms with Gasteiger partial charge in [-0.3, -0.25) is 0 Å². The lowest BCUT2D eigenvalue weighted by atomic mass is 9.99. The van der Waals surface area contributed by atoms with E-state index in [1.807, 2.05) is 0 Å². The van der Waals surface area contributed by atoms with Crippen LogP contribution in [0.25, 0.3) is 16.6 Å². The van der Waals surface area contributed by atoms with Gasteiger partial charge in [-0.2, -0.15) is 5.10 Å². The number of aromatic nitrogens is 2. The summed E-state index contributed by atoms with van der Waals surface area (Å²) in [5.74, 6) is -1.03. The standard InChI is InChI=1S/C22H18FN3O5S/c1-31-18-8-2-13(3-9-18)10-14-11-15(22(27)28)12-19-20(14)21(32(24,29)30)25-26(19)17-6-4-16(23)5-7-17/h2-9,11-12H,10H2,1H3,(H,27,28)(H2,24,29,30). The number of carboxylic acid groups (broad SMARTS) is 1. The smallest absolute Gasteiger partial charge is 0.335 e. The monoisotopic (exact) mass is 455 g/mol. The van der Waals surface area contributed by atoms with Crippen molar-refractivity contribution in [2.45, 2.75) is 11.4 Å². The highest BCUT2D eigenvalue weighted by Crippen LogP contribution is 2.31. The van der Waals surface area contributed by atoms with Crippen molar-refractivity contribution in [2.24, 2.45) is 5.14 Å². The number of methoxy groups -OCH3 is 1. The molecule has 0 unspecified atom stereocenters. The summed E-state index contributed by atoms with van der Waals surface area (Å²) in [6.45, 7) is 0. The highest BCUT2D eigenvalue weighted by molar-refractivity contribution is 7.89. The van der Waals surface area contributed by atoms with Crippen LogP contribution in [-0.4, -0.2) is 36.4 Å². The first kappa shape index (κ1) is 21.5. The fourth-order valence-electron chi connectivity index (χ4n) is 3.50. The molecular weight excluding hydrogens is 437 g/mol. The molecule has 10 heteroatoms. The summed E-state index contributed by atoms with van der Waals surface area (Å²) in [5, 5.41) is 19.0. The van der Waals surface area contributed by atoms with Gasteiger partial charge in [0.2, 0.25) is 5.03 Å². The van der Waals surface area contributed by atoms with E-state index in [2.05, 4.69) is 5.10 Å². The fraction of sp³-hybridized carbons (Fsp3) is 0.0909. The Morgan fingerprint density at radius 1 is 1.12 bits per heavy atom. The molecule has 0 saturated carbocycles. The molecule has 0 saturated heterocycles. The maximum atomic E-state index is 13.4. The SMILES string of the molecule is COc1ccc(Cc2cc(C(=O)O)cc3c2c(S(N)(=O)=O)nn3-c2ccc(F)cc2)cc1. The molecular formula is C22H18FN3O5S. The van der Waals surface area contributed by atoms with Crippen LogP contribution in [0.3, 0.4) is 0 Å². The quantitative estimate of drug-likeness (QED) is 0.460. The summed E-state index contributed by atoms with van der Waals surface area (Å²) in [7, 11) is -2.72. The number of hydrogen-bond acceptors (Lipinski definition) is 5. The number of primary sulfonamides is 1. The molecule has 0 aliphatic carbocycles. The van der Waals surface area contributed by atoms with E-state index >= 15 is 0 Å². The van der Waals surface area contributed by atoms with Gasteiger partial charge in [0.05, 0.1) is 23.9 Å². The number of nitrogens with zero attached hydrogens (tertiary/aromatic N) is 2. The third kappa shape index (κ3) is 4.05. The number of ether oxygens (including phenoxy) is 1. The summed E-state index contributed by atoms with van der Waals surface area (Å²) in [6.07, 6.45) is 0.221. The Balaban J connectivity index is 2.01. The van der Waals surface area contributed by atoms with Crippen molar-refractivity contribution in [3.05, 3.63) is 83.2 Å². The van der Waals surface area contributed by atoms with Crippen LogP contribution in [-0.2, 0) is 16.4 Å². The van der Waals surface area contributed by atoms with Crippen LogP contribution in [0.2, 0.25) is 0 Å². The molecule has 0 aliphatic rings. The van der Waals surface area contributed by atoms with Crippen molar-refractivity contribution in [3.8, 4) is 11.4 Å². The lowest BCUT2D eigenvalue weighted by Crippen LogP contribution is -2.14. The van der Waals surface area contributed by atoms with Crippen LogP contribution in [0.15, 0.2) is 65.7 Å². The molecule has 1 aromatic heterocycles. The van der Waals surface area contributed by atoms with Crippen LogP contribution in [0.1, 0.15) is 21.5 Å². The Hall–Kier alpha value is -3.76. The van der Waals surface area contributed by atoms with Gasteiger partial charge in [0.25, 0.3) is 10.0 Å². The number of nitrogens with two attached hydrogens (primary N) is 1. The molecule has 164 valence electrons. The third-order valence-corrected chi connectivity index (χ3v) is 5.80. The maximum absolute atomic E-state index is 13.4. The van der Waals surface area contributed by atoms with E-state index in [9.17, 15) is 22.7 Å². The fourth-order valence-corrected chi connectivity index (χ4v) is 4.21. The second kappa shape index (κ2) is 8.06. The normalized spacial score (nSPS) is 11.6. The van der Waals surface area contributed by atoms with Gasteiger partial charge in [0.15, 0.2) is 0 Å². The number of carbonyl (C=O) groups is 1. The number of fused-ring (bicyclic) bond motifs is 1. The van der Waals surface area contributed by atoms with Gasteiger partial charge in [0, 0.05) is 5.39 Å². The molecule has 3 aromatic carbocycles. The predicted molar refractivity (Wildman–Crippen MR) is 115 cm³/mol. The summed E-state index contributed by atoms with van der Waals surface area (Å²) >= 11 is 0. The number of benzene rings is 3. The van der Waals surface area contributed by atoms with Crippen LogP contribution < -0.4 is 9.88 Å². The van der Waals surface area contributed by atoms with Gasteiger partial charge in [0.1, 0.15) is 11.6 Å². The topological polar surface area (TPSA) is 125 Å². The lowest BCUT2D eigenvalue weighted by Gasteiger charge is -2.09. The van der Waals surface area contributed by atoms with Gasteiger partial charge < -0.3 is 9.84 Å². The van der Waals surface area contributed by atoms with Crippen molar-refractivity contribution in [3.63, 3.8) is 0 Å². The van der Waals surface area contributed by atoms with E-state index in [0.29, 0.717) is 17.0 Å². The van der Waals surface area contributed by atoms with Crippen LogP contribution in [0.5, 0.6) is 5.75 Å². The number of hydrogen-bond donors (Lipinski definition) is 2. The molecule has 4 rings (SSSR count). The summed E-state index contributed by atoms with van der Waals surface area (Å²) in [6, 6.07) is 15.0. The molecule has 0 atom stereocenters. The van der Waals surface area contributed by atoms with E-state index < -0.39 is 26.8 Å². The second-order valence-corrected chi connectivity index (χ2v) is 8.57. The van der Waals surface area contributed by atoms with E-state index in [-0.39, 0.29) is 22.9 Å². The molecule has 0 aliphatic heterocycles. The van der Waals surface area contributed by atoms with E-state index in [1.165, 1.54) is 48.2 Å². The molecule has 3 N–H and O–H groups in total. The minimum atomic E-state index is -4.26. The van der Waals surface area contributed by atoms with Crippen molar-refractivity contribution in [2.75, 3.05) is 7.11 Å². The first-order chi connectivity index (χ1) is 15.2. The maximum Gasteiger partial charge on any atom is 0.335 e. The summed E-state index contributed by atoms with van der Waals surface area (Å²) in [4.78, 5) is 11.8. The molecule has 1 heterocycles. The minimum Gasteiger partial charge on any atom is -0.497 e. The Kier molecular flexibility index (Phi) is 5.41. The highest BCUT2D eigenvalue weighted by Gasteiger charge is 2.25. The molecule has 0 bridgehead atoms. The summed E-state index contributed by atoms with van der Waals surface area (Å²) in [5.41, 5.74) is 1.74. The van der Waals surface area contributed by atoms with Gasteiger partial charge >= 0.3 is 5.97 Å². The number of carboxylic acids is 1. The molecule has 32 heavy (non-hydrogen) atoms. The predicted octanol–water partition coefficient (Wildman–Crippen LogP) is 3.11. The molecule has 4 aromatic rings. The van der Waals surface area contributed by atoms with Crippen LogP contribution in [0, 0.1) is 5.82 Å². The van der Waals surface area contributed by atoms with Crippen LogP contribution in [0.4, 0.5) is 4.39 Å². The zero-order valence-electron chi connectivity index (χ0n) is 16.8. The number of rotatable bonds is 6. The summed E-state index contributed by atoms with van der Waals surface area (Å²) < 4.78 is 44.5. The minimum absolute atomic E-state index is 0.0507. The Morgan fingerprint density at radius 3 is 2.34 bits per heavy atom. The molecule has 0 spiro atoms. The number of sulfonamides is 1. The van der Waals surface area contributed by atoms with E-state index in [1.54, 1.807) is 24.3 Å². The highest BCUT2D eigenvalue weighted by atomic mass is 32.2. The first-order valence-corrected chi connectivity index (χ1v) is 10.9. The van der Waals surface area contributed by atoms with Gasteiger partial charge in [-0.05, 0) is 66.1 Å².